The molecule has 5 heterocycles. The zero-order chi connectivity index (χ0) is 32.3. The van der Waals surface area contributed by atoms with Gasteiger partial charge in [0, 0.05) is 48.7 Å². The third-order valence-corrected chi connectivity index (χ3v) is 10.4. The number of aromatic nitrogens is 3. The SMILES string of the molecule is Cc1nc(C)c([C@H](OC(C)(C)C)C(=O)O)c(N2CCC(C)(C)CC2)c1-c1ccc2c(c1)CCN(c1ncnc3c(C)csc13)C2. The highest BCUT2D eigenvalue weighted by Crippen LogP contribution is 2.45. The van der Waals surface area contributed by atoms with E-state index in [4.69, 9.17) is 14.7 Å². The fraction of sp³-hybridized carbons (Fsp3) is 0.500. The number of hydrogen-bond donors (Lipinski definition) is 1. The Morgan fingerprint density at radius 1 is 1.02 bits per heavy atom. The molecule has 0 bridgehead atoms. The molecule has 0 radical (unpaired) electrons. The summed E-state index contributed by atoms with van der Waals surface area (Å²) in [5.41, 5.74) is 9.75. The Labute approximate surface area is 270 Å². The predicted molar refractivity (Wildman–Crippen MR) is 182 cm³/mol. The molecule has 1 N–H and O–H groups in total. The van der Waals surface area contributed by atoms with Gasteiger partial charge in [0.15, 0.2) is 6.10 Å². The van der Waals surface area contributed by atoms with E-state index in [0.717, 1.165) is 84.0 Å². The Morgan fingerprint density at radius 2 is 1.76 bits per heavy atom. The van der Waals surface area contributed by atoms with Crippen LogP contribution in [0.4, 0.5) is 11.5 Å². The molecule has 0 saturated carbocycles. The highest BCUT2D eigenvalue weighted by molar-refractivity contribution is 7.18. The van der Waals surface area contributed by atoms with Crippen molar-refractivity contribution in [1.29, 1.82) is 0 Å². The number of anilines is 2. The van der Waals surface area contributed by atoms with Crippen molar-refractivity contribution >= 4 is 39.0 Å². The molecule has 1 atom stereocenters. The van der Waals surface area contributed by atoms with Gasteiger partial charge in [-0.3, -0.25) is 4.98 Å². The van der Waals surface area contributed by atoms with Crippen LogP contribution in [0.2, 0.25) is 0 Å². The lowest BCUT2D eigenvalue weighted by Crippen LogP contribution is -2.39. The quantitative estimate of drug-likeness (QED) is 0.232. The van der Waals surface area contributed by atoms with Crippen molar-refractivity contribution in [1.82, 2.24) is 15.0 Å². The second-order valence-corrected chi connectivity index (χ2v) is 15.3. The first kappa shape index (κ1) is 31.4. The third kappa shape index (κ3) is 6.17. The van der Waals surface area contributed by atoms with Gasteiger partial charge in [-0.15, -0.1) is 11.3 Å². The van der Waals surface area contributed by atoms with Gasteiger partial charge in [0.2, 0.25) is 0 Å². The number of pyridine rings is 1. The summed E-state index contributed by atoms with van der Waals surface area (Å²) in [6, 6.07) is 6.73. The average molecular weight is 628 g/mol. The molecule has 238 valence electrons. The Morgan fingerprint density at radius 3 is 2.44 bits per heavy atom. The Bertz CT molecular complexity index is 1760. The fourth-order valence-electron chi connectivity index (χ4n) is 6.83. The molecule has 4 aromatic rings. The lowest BCUT2D eigenvalue weighted by molar-refractivity contribution is -0.160. The van der Waals surface area contributed by atoms with Crippen LogP contribution in [0.15, 0.2) is 29.9 Å². The molecule has 0 amide bonds. The van der Waals surface area contributed by atoms with Crippen LogP contribution in [0.1, 0.15) is 87.2 Å². The number of nitrogens with zero attached hydrogens (tertiary/aromatic N) is 5. The van der Waals surface area contributed by atoms with E-state index in [1.54, 1.807) is 17.7 Å². The van der Waals surface area contributed by atoms with Crippen molar-refractivity contribution in [2.24, 2.45) is 5.41 Å². The standard InChI is InChI=1S/C36H45N5O3S/c1-21-19-45-32-29(21)37-20-38-33(32)41-14-11-24-17-25(9-10-26(24)18-41)27-22(2)39-23(3)28(31(34(42)43)44-35(4,5)6)30(27)40-15-12-36(7,8)13-16-40/h9-10,17,19-20,31H,11-16,18H2,1-8H3,(H,42,43)/t31-/m0/s1. The molecule has 2 aliphatic rings. The molecule has 8 nitrogen and oxygen atoms in total. The van der Waals surface area contributed by atoms with Crippen LogP contribution in [0.25, 0.3) is 21.3 Å². The number of ether oxygens (including phenoxy) is 1. The van der Waals surface area contributed by atoms with Gasteiger partial charge in [0.1, 0.15) is 12.1 Å². The zero-order valence-corrected chi connectivity index (χ0v) is 28.6. The first-order valence-electron chi connectivity index (χ1n) is 15.9. The number of hydrogen-bond acceptors (Lipinski definition) is 8. The Balaban J connectivity index is 1.44. The number of aliphatic carboxylic acids is 1. The minimum absolute atomic E-state index is 0.247. The van der Waals surface area contributed by atoms with E-state index in [0.29, 0.717) is 11.3 Å². The highest BCUT2D eigenvalue weighted by atomic mass is 32.1. The van der Waals surface area contributed by atoms with Gasteiger partial charge >= 0.3 is 5.97 Å². The van der Waals surface area contributed by atoms with Crippen molar-refractivity contribution < 1.29 is 14.6 Å². The Kier molecular flexibility index (Phi) is 8.14. The normalized spacial score (nSPS) is 17.4. The number of benzene rings is 1. The van der Waals surface area contributed by atoms with Crippen molar-refractivity contribution in [3.05, 3.63) is 63.5 Å². The molecule has 45 heavy (non-hydrogen) atoms. The molecule has 9 heteroatoms. The van der Waals surface area contributed by atoms with Gasteiger partial charge in [-0.2, -0.15) is 0 Å². The highest BCUT2D eigenvalue weighted by Gasteiger charge is 2.36. The van der Waals surface area contributed by atoms with Crippen molar-refractivity contribution in [2.75, 3.05) is 29.4 Å². The topological polar surface area (TPSA) is 91.7 Å². The molecule has 2 aliphatic heterocycles. The summed E-state index contributed by atoms with van der Waals surface area (Å²) >= 11 is 1.71. The van der Waals surface area contributed by atoms with E-state index in [9.17, 15) is 9.90 Å². The van der Waals surface area contributed by atoms with E-state index in [1.807, 2.05) is 27.7 Å². The van der Waals surface area contributed by atoms with Gasteiger partial charge in [-0.05, 0) is 93.9 Å². The van der Waals surface area contributed by atoms with E-state index in [2.05, 4.69) is 66.1 Å². The number of thiophene rings is 1. The molecule has 1 saturated heterocycles. The van der Waals surface area contributed by atoms with Crippen LogP contribution in [-0.2, 0) is 22.5 Å². The third-order valence-electron chi connectivity index (χ3n) is 9.29. The minimum Gasteiger partial charge on any atom is -0.479 e. The summed E-state index contributed by atoms with van der Waals surface area (Å²) in [4.78, 5) is 31.8. The summed E-state index contributed by atoms with van der Waals surface area (Å²) in [6.45, 7) is 19.8. The first-order chi connectivity index (χ1) is 21.2. The van der Waals surface area contributed by atoms with Crippen LogP contribution >= 0.6 is 11.3 Å². The summed E-state index contributed by atoms with van der Waals surface area (Å²) < 4.78 is 7.41. The van der Waals surface area contributed by atoms with Gasteiger partial charge in [0.25, 0.3) is 0 Å². The second-order valence-electron chi connectivity index (χ2n) is 14.5. The fourth-order valence-corrected chi connectivity index (χ4v) is 7.85. The maximum Gasteiger partial charge on any atom is 0.337 e. The first-order valence-corrected chi connectivity index (χ1v) is 16.8. The molecule has 1 aromatic carbocycles. The molecule has 0 unspecified atom stereocenters. The van der Waals surface area contributed by atoms with Crippen LogP contribution in [0.3, 0.4) is 0 Å². The number of rotatable bonds is 6. The maximum absolute atomic E-state index is 12.8. The van der Waals surface area contributed by atoms with E-state index < -0.39 is 17.7 Å². The number of piperidine rings is 1. The monoisotopic (exact) mass is 627 g/mol. The van der Waals surface area contributed by atoms with Gasteiger partial charge in [0.05, 0.1) is 21.5 Å². The molecule has 0 aliphatic carbocycles. The van der Waals surface area contributed by atoms with E-state index in [-0.39, 0.29) is 5.41 Å². The van der Waals surface area contributed by atoms with Crippen LogP contribution in [0, 0.1) is 26.2 Å². The van der Waals surface area contributed by atoms with E-state index in [1.165, 1.54) is 16.7 Å². The number of aryl methyl sites for hydroxylation is 3. The smallest absolute Gasteiger partial charge is 0.337 e. The molecular formula is C36H45N5O3S. The number of carbonyl (C=O) groups is 1. The Hall–Kier alpha value is -3.56. The van der Waals surface area contributed by atoms with Crippen LogP contribution < -0.4 is 9.80 Å². The molecule has 0 spiro atoms. The van der Waals surface area contributed by atoms with Crippen molar-refractivity contribution in [2.45, 2.75) is 92.9 Å². The second kappa shape index (κ2) is 11.7. The van der Waals surface area contributed by atoms with Crippen molar-refractivity contribution in [3.8, 4) is 11.1 Å². The number of carboxylic acids is 1. The van der Waals surface area contributed by atoms with Gasteiger partial charge in [-0.1, -0.05) is 32.0 Å². The lowest BCUT2D eigenvalue weighted by Gasteiger charge is -2.41. The maximum atomic E-state index is 12.8. The lowest BCUT2D eigenvalue weighted by atomic mass is 9.81. The molecule has 6 rings (SSSR count). The summed E-state index contributed by atoms with van der Waals surface area (Å²) in [5.74, 6) is 0.0124. The van der Waals surface area contributed by atoms with Gasteiger partial charge < -0.3 is 19.6 Å². The summed E-state index contributed by atoms with van der Waals surface area (Å²) in [6.07, 6.45) is 3.51. The minimum atomic E-state index is -1.13. The molecular weight excluding hydrogens is 582 g/mol. The number of fused-ring (bicyclic) bond motifs is 2. The molecule has 1 fully saturated rings. The largest absolute Gasteiger partial charge is 0.479 e. The summed E-state index contributed by atoms with van der Waals surface area (Å²) in [5, 5.41) is 12.7. The zero-order valence-electron chi connectivity index (χ0n) is 27.8. The summed E-state index contributed by atoms with van der Waals surface area (Å²) in [7, 11) is 0. The van der Waals surface area contributed by atoms with Gasteiger partial charge in [-0.25, -0.2) is 14.8 Å². The predicted octanol–water partition coefficient (Wildman–Crippen LogP) is 7.81. The van der Waals surface area contributed by atoms with Crippen LogP contribution in [-0.4, -0.2) is 51.3 Å². The van der Waals surface area contributed by atoms with Crippen molar-refractivity contribution in [3.63, 3.8) is 0 Å². The van der Waals surface area contributed by atoms with Crippen LogP contribution in [0.5, 0.6) is 0 Å². The average Bonchev–Trinajstić information content (AvgIpc) is 3.35. The molecule has 3 aromatic heterocycles. The number of carboxylic acid groups (broad SMARTS) is 1. The van der Waals surface area contributed by atoms with E-state index >= 15 is 0 Å².